The van der Waals surface area contributed by atoms with Crippen molar-refractivity contribution in [3.63, 3.8) is 0 Å². The van der Waals surface area contributed by atoms with Gasteiger partial charge in [0.05, 0.1) is 16.8 Å². The Balaban J connectivity index is 1.85. The molecule has 5 heteroatoms. The number of hydrogen-bond donors (Lipinski definition) is 1. The molecular formula is C16H18ClN3O. The minimum absolute atomic E-state index is 0.00499. The molecule has 0 saturated heterocycles. The monoisotopic (exact) mass is 303 g/mol. The summed E-state index contributed by atoms with van der Waals surface area (Å²) >= 11 is 6.13. The maximum absolute atomic E-state index is 8.96. The molecule has 1 unspecified atom stereocenters. The summed E-state index contributed by atoms with van der Waals surface area (Å²) in [6.07, 6.45) is 2.69. The Bertz CT molecular complexity index is 625. The lowest BCUT2D eigenvalue weighted by Crippen LogP contribution is -2.16. The highest BCUT2D eigenvalue weighted by molar-refractivity contribution is 6.33. The van der Waals surface area contributed by atoms with E-state index < -0.39 is 0 Å². The zero-order chi connectivity index (χ0) is 15.2. The number of nitrogens with one attached hydrogen (secondary N) is 1. The van der Waals surface area contributed by atoms with E-state index in [2.05, 4.69) is 11.5 Å². The van der Waals surface area contributed by atoms with E-state index in [1.54, 1.807) is 6.07 Å². The Kier molecular flexibility index (Phi) is 5.26. The fraction of sp³-hybridized carbons (Fsp3) is 0.312. The second-order valence-electron chi connectivity index (χ2n) is 4.95. The van der Waals surface area contributed by atoms with Crippen LogP contribution < -0.4 is 5.48 Å². The SMILES string of the molecule is Cc1cccc(Cl)c1NOC(C)CCn1cccc1C#N. The van der Waals surface area contributed by atoms with Crippen molar-refractivity contribution in [2.45, 2.75) is 32.9 Å². The van der Waals surface area contributed by atoms with Crippen LogP contribution in [0.2, 0.25) is 5.02 Å². The molecule has 1 aromatic heterocycles. The maximum atomic E-state index is 8.96. The zero-order valence-electron chi connectivity index (χ0n) is 12.1. The van der Waals surface area contributed by atoms with Gasteiger partial charge in [-0.2, -0.15) is 5.26 Å². The van der Waals surface area contributed by atoms with Crippen LogP contribution in [0.5, 0.6) is 0 Å². The molecule has 0 aliphatic heterocycles. The van der Waals surface area contributed by atoms with E-state index in [0.717, 1.165) is 24.2 Å². The average molecular weight is 304 g/mol. The summed E-state index contributed by atoms with van der Waals surface area (Å²) in [5.74, 6) is 0. The van der Waals surface area contributed by atoms with Gasteiger partial charge in [0.25, 0.3) is 0 Å². The number of nitrogens with zero attached hydrogens (tertiary/aromatic N) is 2. The summed E-state index contributed by atoms with van der Waals surface area (Å²) in [6.45, 7) is 4.69. The van der Waals surface area contributed by atoms with Gasteiger partial charge in [-0.05, 0) is 44.0 Å². The van der Waals surface area contributed by atoms with Crippen molar-refractivity contribution in [1.82, 2.24) is 4.57 Å². The first-order chi connectivity index (χ1) is 10.1. The number of para-hydroxylation sites is 1. The van der Waals surface area contributed by atoms with Gasteiger partial charge >= 0.3 is 0 Å². The first-order valence-electron chi connectivity index (χ1n) is 6.84. The third-order valence-electron chi connectivity index (χ3n) is 3.30. The number of nitriles is 1. The van der Waals surface area contributed by atoms with Crippen LogP contribution in [0.1, 0.15) is 24.6 Å². The molecule has 2 aromatic rings. The highest BCUT2D eigenvalue weighted by atomic mass is 35.5. The zero-order valence-corrected chi connectivity index (χ0v) is 12.9. The minimum atomic E-state index is -0.00499. The molecule has 1 atom stereocenters. The lowest BCUT2D eigenvalue weighted by molar-refractivity contribution is 0.104. The first kappa shape index (κ1) is 15.4. The number of benzene rings is 1. The quantitative estimate of drug-likeness (QED) is 0.816. The van der Waals surface area contributed by atoms with Crippen LogP contribution in [0.25, 0.3) is 0 Å². The number of anilines is 1. The molecular weight excluding hydrogens is 286 g/mol. The molecule has 0 aliphatic carbocycles. The van der Waals surface area contributed by atoms with Crippen LogP contribution in [-0.2, 0) is 11.4 Å². The Morgan fingerprint density at radius 3 is 2.90 bits per heavy atom. The summed E-state index contributed by atoms with van der Waals surface area (Å²) in [4.78, 5) is 5.63. The summed E-state index contributed by atoms with van der Waals surface area (Å²) in [6, 6.07) is 11.5. The van der Waals surface area contributed by atoms with Gasteiger partial charge in [0.15, 0.2) is 0 Å². The van der Waals surface area contributed by atoms with Gasteiger partial charge in [0, 0.05) is 12.7 Å². The Morgan fingerprint density at radius 1 is 1.38 bits per heavy atom. The highest BCUT2D eigenvalue weighted by Gasteiger charge is 2.08. The fourth-order valence-corrected chi connectivity index (χ4v) is 2.27. The maximum Gasteiger partial charge on any atom is 0.120 e. The van der Waals surface area contributed by atoms with E-state index >= 15 is 0 Å². The van der Waals surface area contributed by atoms with Crippen molar-refractivity contribution in [3.05, 3.63) is 52.8 Å². The standard InChI is InChI=1S/C16H18ClN3O/c1-12-5-3-7-15(17)16(12)19-21-13(2)8-10-20-9-4-6-14(20)11-18/h3-7,9,13,19H,8,10H2,1-2H3. The van der Waals surface area contributed by atoms with Gasteiger partial charge in [0.1, 0.15) is 11.8 Å². The minimum Gasteiger partial charge on any atom is -0.339 e. The van der Waals surface area contributed by atoms with Gasteiger partial charge < -0.3 is 4.57 Å². The molecule has 0 bridgehead atoms. The predicted octanol–water partition coefficient (Wildman–Crippen LogP) is 4.14. The van der Waals surface area contributed by atoms with E-state index in [1.807, 2.05) is 48.9 Å². The van der Waals surface area contributed by atoms with Gasteiger partial charge in [0.2, 0.25) is 0 Å². The number of halogens is 1. The van der Waals surface area contributed by atoms with Crippen molar-refractivity contribution < 1.29 is 4.84 Å². The number of aryl methyl sites for hydroxylation is 2. The molecule has 4 nitrogen and oxygen atoms in total. The van der Waals surface area contributed by atoms with Crippen LogP contribution in [0.3, 0.4) is 0 Å². The molecule has 2 rings (SSSR count). The molecule has 0 spiro atoms. The van der Waals surface area contributed by atoms with Crippen molar-refractivity contribution in [3.8, 4) is 6.07 Å². The lowest BCUT2D eigenvalue weighted by atomic mass is 10.2. The van der Waals surface area contributed by atoms with Crippen molar-refractivity contribution in [2.24, 2.45) is 0 Å². The third kappa shape index (κ3) is 4.01. The topological polar surface area (TPSA) is 50.0 Å². The second kappa shape index (κ2) is 7.16. The largest absolute Gasteiger partial charge is 0.339 e. The highest BCUT2D eigenvalue weighted by Crippen LogP contribution is 2.25. The van der Waals surface area contributed by atoms with Gasteiger partial charge in [-0.1, -0.05) is 23.7 Å². The fourth-order valence-electron chi connectivity index (χ4n) is 2.01. The Hall–Kier alpha value is -1.96. The summed E-state index contributed by atoms with van der Waals surface area (Å²) in [5.41, 5.74) is 5.43. The summed E-state index contributed by atoms with van der Waals surface area (Å²) in [7, 11) is 0. The van der Waals surface area contributed by atoms with Gasteiger partial charge in [-0.25, -0.2) is 0 Å². The molecule has 21 heavy (non-hydrogen) atoms. The Labute approximate surface area is 129 Å². The van der Waals surface area contributed by atoms with Crippen LogP contribution >= 0.6 is 11.6 Å². The molecule has 0 amide bonds. The first-order valence-corrected chi connectivity index (χ1v) is 7.21. The summed E-state index contributed by atoms with van der Waals surface area (Å²) < 4.78 is 1.92. The van der Waals surface area contributed by atoms with E-state index in [9.17, 15) is 0 Å². The summed E-state index contributed by atoms with van der Waals surface area (Å²) in [5, 5.41) is 9.59. The molecule has 0 radical (unpaired) electrons. The van der Waals surface area contributed by atoms with E-state index in [1.165, 1.54) is 0 Å². The Morgan fingerprint density at radius 2 is 2.19 bits per heavy atom. The van der Waals surface area contributed by atoms with E-state index in [0.29, 0.717) is 10.7 Å². The lowest BCUT2D eigenvalue weighted by Gasteiger charge is -2.17. The predicted molar refractivity (Wildman–Crippen MR) is 84.1 cm³/mol. The van der Waals surface area contributed by atoms with Crippen LogP contribution in [0.4, 0.5) is 5.69 Å². The smallest absolute Gasteiger partial charge is 0.120 e. The molecule has 1 N–H and O–H groups in total. The van der Waals surface area contributed by atoms with Crippen molar-refractivity contribution in [1.29, 1.82) is 5.26 Å². The van der Waals surface area contributed by atoms with Gasteiger partial charge in [-0.15, -0.1) is 0 Å². The third-order valence-corrected chi connectivity index (χ3v) is 3.62. The normalized spacial score (nSPS) is 11.9. The number of aromatic nitrogens is 1. The number of rotatable bonds is 6. The van der Waals surface area contributed by atoms with Crippen molar-refractivity contribution in [2.75, 3.05) is 5.48 Å². The number of hydrogen-bond acceptors (Lipinski definition) is 3. The van der Waals surface area contributed by atoms with Gasteiger partial charge in [-0.3, -0.25) is 10.3 Å². The molecule has 110 valence electrons. The molecule has 1 heterocycles. The van der Waals surface area contributed by atoms with E-state index in [4.69, 9.17) is 21.7 Å². The molecule has 0 aliphatic rings. The van der Waals surface area contributed by atoms with Crippen molar-refractivity contribution >= 4 is 17.3 Å². The molecule has 0 fully saturated rings. The molecule has 1 aromatic carbocycles. The van der Waals surface area contributed by atoms with Crippen LogP contribution in [0.15, 0.2) is 36.5 Å². The van der Waals surface area contributed by atoms with E-state index in [-0.39, 0.29) is 6.10 Å². The van der Waals surface area contributed by atoms with Crippen LogP contribution in [0, 0.1) is 18.3 Å². The average Bonchev–Trinajstić information content (AvgIpc) is 2.92. The molecule has 0 saturated carbocycles. The van der Waals surface area contributed by atoms with Crippen LogP contribution in [-0.4, -0.2) is 10.7 Å². The second-order valence-corrected chi connectivity index (χ2v) is 5.36.